The van der Waals surface area contributed by atoms with Crippen LogP contribution in [-0.2, 0) is 26.0 Å². The first-order valence-electron chi connectivity index (χ1n) is 12.4. The van der Waals surface area contributed by atoms with Crippen LogP contribution < -0.4 is 5.32 Å². The Labute approximate surface area is 210 Å². The summed E-state index contributed by atoms with van der Waals surface area (Å²) in [4.78, 5) is 28.2. The van der Waals surface area contributed by atoms with Gasteiger partial charge in [0.1, 0.15) is 6.04 Å². The van der Waals surface area contributed by atoms with Gasteiger partial charge < -0.3 is 10.2 Å². The van der Waals surface area contributed by atoms with Gasteiger partial charge in [-0.1, -0.05) is 62.4 Å². The Morgan fingerprint density at radius 3 is 2.09 bits per heavy atom. The Kier molecular flexibility index (Phi) is 11.4. The highest BCUT2D eigenvalue weighted by Gasteiger charge is 2.29. The standard InChI is InChI=1S/C27H39N3O4S/c1-5-22(3)28-27(32)25(6-2)30(21-19-23-14-9-7-10-15-23)26(31)18-13-20-29(4)35(33,34)24-16-11-8-12-17-24/h7-12,14-17,22,25H,5-6,13,18-21H2,1-4H3,(H,28,32)/t22-,25+/m0/s1. The average Bonchev–Trinajstić information content (AvgIpc) is 2.87. The van der Waals surface area contributed by atoms with Gasteiger partial charge in [0.05, 0.1) is 4.90 Å². The van der Waals surface area contributed by atoms with Crippen molar-refractivity contribution in [3.05, 3.63) is 66.2 Å². The molecule has 0 unspecified atom stereocenters. The van der Waals surface area contributed by atoms with Crippen LogP contribution in [-0.4, -0.2) is 61.7 Å². The van der Waals surface area contributed by atoms with Crippen LogP contribution in [0.1, 0.15) is 52.0 Å². The van der Waals surface area contributed by atoms with Crippen molar-refractivity contribution in [2.24, 2.45) is 0 Å². The molecule has 0 spiro atoms. The lowest BCUT2D eigenvalue weighted by Crippen LogP contribution is -2.51. The molecular formula is C27H39N3O4S. The number of carbonyl (C=O) groups excluding carboxylic acids is 2. The first-order chi connectivity index (χ1) is 16.7. The number of amides is 2. The fourth-order valence-electron chi connectivity index (χ4n) is 3.83. The number of nitrogens with zero attached hydrogens (tertiary/aromatic N) is 2. The van der Waals surface area contributed by atoms with E-state index < -0.39 is 16.1 Å². The monoisotopic (exact) mass is 501 g/mol. The quantitative estimate of drug-likeness (QED) is 0.426. The highest BCUT2D eigenvalue weighted by Crippen LogP contribution is 2.16. The lowest BCUT2D eigenvalue weighted by molar-refractivity contribution is -0.141. The highest BCUT2D eigenvalue weighted by atomic mass is 32.2. The zero-order chi connectivity index (χ0) is 25.8. The molecule has 8 heteroatoms. The van der Waals surface area contributed by atoms with Gasteiger partial charge in [-0.2, -0.15) is 0 Å². The van der Waals surface area contributed by atoms with Crippen LogP contribution in [0, 0.1) is 0 Å². The molecule has 0 aliphatic heterocycles. The summed E-state index contributed by atoms with van der Waals surface area (Å²) in [5.74, 6) is -0.287. The van der Waals surface area contributed by atoms with Crippen LogP contribution in [0.4, 0.5) is 0 Å². The first-order valence-corrected chi connectivity index (χ1v) is 13.8. The normalized spacial score (nSPS) is 13.3. The largest absolute Gasteiger partial charge is 0.352 e. The van der Waals surface area contributed by atoms with Crippen molar-refractivity contribution in [1.82, 2.24) is 14.5 Å². The lowest BCUT2D eigenvalue weighted by atomic mass is 10.1. The van der Waals surface area contributed by atoms with Gasteiger partial charge in [-0.15, -0.1) is 0 Å². The van der Waals surface area contributed by atoms with E-state index in [4.69, 9.17) is 0 Å². The van der Waals surface area contributed by atoms with Crippen molar-refractivity contribution >= 4 is 21.8 Å². The van der Waals surface area contributed by atoms with Crippen molar-refractivity contribution < 1.29 is 18.0 Å². The molecule has 0 aliphatic carbocycles. The molecule has 0 saturated heterocycles. The number of carbonyl (C=O) groups is 2. The van der Waals surface area contributed by atoms with Crippen molar-refractivity contribution in [2.45, 2.75) is 69.9 Å². The minimum Gasteiger partial charge on any atom is -0.352 e. The molecule has 2 aromatic carbocycles. The molecule has 2 aromatic rings. The zero-order valence-corrected chi connectivity index (χ0v) is 22.1. The molecule has 2 amide bonds. The summed E-state index contributed by atoms with van der Waals surface area (Å²) >= 11 is 0. The highest BCUT2D eigenvalue weighted by molar-refractivity contribution is 7.89. The van der Waals surface area contributed by atoms with Crippen LogP contribution in [0.3, 0.4) is 0 Å². The van der Waals surface area contributed by atoms with Gasteiger partial charge >= 0.3 is 0 Å². The SMILES string of the molecule is CC[C@H](C(=O)N[C@@H](C)CC)N(CCc1ccccc1)C(=O)CCCN(C)S(=O)(=O)c1ccccc1. The molecule has 1 N–H and O–H groups in total. The van der Waals surface area contributed by atoms with Gasteiger partial charge in [-0.05, 0) is 50.3 Å². The summed E-state index contributed by atoms with van der Waals surface area (Å²) in [5, 5.41) is 3.01. The summed E-state index contributed by atoms with van der Waals surface area (Å²) in [7, 11) is -2.09. The number of nitrogens with one attached hydrogen (secondary N) is 1. The van der Waals surface area contributed by atoms with Crippen LogP contribution in [0.25, 0.3) is 0 Å². The third-order valence-electron chi connectivity index (χ3n) is 6.19. The van der Waals surface area contributed by atoms with Crippen LogP contribution in [0.2, 0.25) is 0 Å². The van der Waals surface area contributed by atoms with Crippen molar-refractivity contribution in [3.8, 4) is 0 Å². The number of hydrogen-bond donors (Lipinski definition) is 1. The van der Waals surface area contributed by atoms with E-state index in [2.05, 4.69) is 5.32 Å². The second kappa shape index (κ2) is 14.0. The van der Waals surface area contributed by atoms with E-state index in [0.29, 0.717) is 25.8 Å². The maximum atomic E-state index is 13.3. The van der Waals surface area contributed by atoms with Crippen molar-refractivity contribution in [3.63, 3.8) is 0 Å². The third-order valence-corrected chi connectivity index (χ3v) is 8.06. The number of benzene rings is 2. The van der Waals surface area contributed by atoms with E-state index in [9.17, 15) is 18.0 Å². The minimum atomic E-state index is -3.61. The second-order valence-corrected chi connectivity index (χ2v) is 10.9. The molecule has 35 heavy (non-hydrogen) atoms. The Morgan fingerprint density at radius 2 is 1.51 bits per heavy atom. The summed E-state index contributed by atoms with van der Waals surface area (Å²) in [6.45, 7) is 6.50. The van der Waals surface area contributed by atoms with Crippen LogP contribution in [0.5, 0.6) is 0 Å². The Morgan fingerprint density at radius 1 is 0.914 bits per heavy atom. The van der Waals surface area contributed by atoms with Gasteiger partial charge in [0.15, 0.2) is 0 Å². The molecule has 0 aliphatic rings. The number of rotatable bonds is 14. The molecule has 0 saturated carbocycles. The molecule has 0 heterocycles. The minimum absolute atomic E-state index is 0.0273. The van der Waals surface area contributed by atoms with E-state index in [1.54, 1.807) is 35.2 Å². The Balaban J connectivity index is 2.08. The molecule has 192 valence electrons. The van der Waals surface area contributed by atoms with Crippen molar-refractivity contribution in [1.29, 1.82) is 0 Å². The van der Waals surface area contributed by atoms with E-state index >= 15 is 0 Å². The third kappa shape index (κ3) is 8.47. The van der Waals surface area contributed by atoms with Gasteiger partial charge in [0.2, 0.25) is 21.8 Å². The molecule has 0 aromatic heterocycles. The van der Waals surface area contributed by atoms with Gasteiger partial charge in [-0.3, -0.25) is 9.59 Å². The Bertz CT molecular complexity index is 1030. The molecule has 7 nitrogen and oxygen atoms in total. The molecule has 0 fully saturated rings. The first kappa shape index (κ1) is 28.5. The molecule has 2 rings (SSSR count). The fourth-order valence-corrected chi connectivity index (χ4v) is 5.06. The van der Waals surface area contributed by atoms with Gasteiger partial charge in [0, 0.05) is 32.6 Å². The van der Waals surface area contributed by atoms with E-state index in [1.807, 2.05) is 51.1 Å². The smallest absolute Gasteiger partial charge is 0.243 e. The van der Waals surface area contributed by atoms with E-state index in [-0.39, 0.29) is 35.7 Å². The number of sulfonamides is 1. The predicted octanol–water partition coefficient (Wildman–Crippen LogP) is 3.85. The maximum Gasteiger partial charge on any atom is 0.243 e. The zero-order valence-electron chi connectivity index (χ0n) is 21.3. The summed E-state index contributed by atoms with van der Waals surface area (Å²) < 4.78 is 26.8. The molecule has 0 bridgehead atoms. The second-order valence-electron chi connectivity index (χ2n) is 8.81. The van der Waals surface area contributed by atoms with Gasteiger partial charge in [0.25, 0.3) is 0 Å². The van der Waals surface area contributed by atoms with Crippen molar-refractivity contribution in [2.75, 3.05) is 20.1 Å². The topological polar surface area (TPSA) is 86.8 Å². The molecule has 2 atom stereocenters. The lowest BCUT2D eigenvalue weighted by Gasteiger charge is -2.31. The maximum absolute atomic E-state index is 13.3. The van der Waals surface area contributed by atoms with E-state index in [1.165, 1.54) is 11.4 Å². The summed E-state index contributed by atoms with van der Waals surface area (Å²) in [6.07, 6.45) is 2.48. The predicted molar refractivity (Wildman–Crippen MR) is 139 cm³/mol. The fraction of sp³-hybridized carbons (Fsp3) is 0.481. The van der Waals surface area contributed by atoms with Crippen LogP contribution in [0.15, 0.2) is 65.6 Å². The summed E-state index contributed by atoms with van der Waals surface area (Å²) in [5.41, 5.74) is 1.09. The Hall–Kier alpha value is -2.71. The van der Waals surface area contributed by atoms with Gasteiger partial charge in [-0.25, -0.2) is 12.7 Å². The van der Waals surface area contributed by atoms with E-state index in [0.717, 1.165) is 12.0 Å². The molecular weight excluding hydrogens is 462 g/mol. The molecule has 0 radical (unpaired) electrons. The average molecular weight is 502 g/mol. The number of hydrogen-bond acceptors (Lipinski definition) is 4. The summed E-state index contributed by atoms with van der Waals surface area (Å²) in [6, 6.07) is 17.6. The van der Waals surface area contributed by atoms with Crippen LogP contribution >= 0.6 is 0 Å².